The van der Waals surface area contributed by atoms with Crippen molar-refractivity contribution in [1.82, 2.24) is 5.32 Å². The molecule has 1 fully saturated rings. The molecule has 0 aromatic heterocycles. The molecule has 5 heteroatoms. The van der Waals surface area contributed by atoms with Gasteiger partial charge < -0.3 is 10.1 Å². The minimum absolute atomic E-state index is 0.219. The van der Waals surface area contributed by atoms with Gasteiger partial charge in [-0.3, -0.25) is 5.32 Å². The Kier molecular flexibility index (Phi) is 4.49. The van der Waals surface area contributed by atoms with Gasteiger partial charge in [-0.05, 0) is 64.8 Å². The number of carbonyl (C=O) groups is 1. The lowest BCUT2D eigenvalue weighted by molar-refractivity contribution is 0.0636. The minimum atomic E-state index is -0.529. The smallest absolute Gasteiger partial charge is 0.412 e. The van der Waals surface area contributed by atoms with Crippen molar-refractivity contribution in [3.8, 4) is 0 Å². The number of halogens is 1. The first-order chi connectivity index (χ1) is 9.73. The second-order valence-electron chi connectivity index (χ2n) is 6.65. The number of hydrogen-bond acceptors (Lipinski definition) is 3. The Bertz CT molecular complexity index is 534. The van der Waals surface area contributed by atoms with Crippen molar-refractivity contribution in [3.63, 3.8) is 0 Å². The van der Waals surface area contributed by atoms with Crippen molar-refractivity contribution in [2.45, 2.75) is 51.2 Å². The molecule has 1 saturated carbocycles. The van der Waals surface area contributed by atoms with Crippen molar-refractivity contribution in [1.29, 1.82) is 0 Å². The van der Waals surface area contributed by atoms with Crippen LogP contribution in [0.3, 0.4) is 0 Å². The minimum Gasteiger partial charge on any atom is -0.444 e. The predicted molar refractivity (Wildman–Crippen MR) is 86.0 cm³/mol. The van der Waals surface area contributed by atoms with Crippen molar-refractivity contribution in [2.24, 2.45) is 0 Å². The number of anilines is 1. The molecular weight excluding hydrogens is 288 g/mol. The quantitative estimate of drug-likeness (QED) is 0.884. The average molecular weight is 311 g/mol. The SMILES string of the molecule is CNC1(Cc2ccc(Cl)c(NC(=O)OC(C)(C)C)c2)CC1. The number of ether oxygens (including phenoxy) is 1. The van der Waals surface area contributed by atoms with Crippen LogP contribution in [0.5, 0.6) is 0 Å². The maximum atomic E-state index is 11.8. The summed E-state index contributed by atoms with van der Waals surface area (Å²) in [6.45, 7) is 5.48. The molecule has 1 aromatic carbocycles. The van der Waals surface area contributed by atoms with Crippen LogP contribution < -0.4 is 10.6 Å². The van der Waals surface area contributed by atoms with E-state index in [-0.39, 0.29) is 5.54 Å². The number of amides is 1. The highest BCUT2D eigenvalue weighted by Gasteiger charge is 2.40. The van der Waals surface area contributed by atoms with E-state index in [0.717, 1.165) is 12.0 Å². The summed E-state index contributed by atoms with van der Waals surface area (Å²) < 4.78 is 5.25. The topological polar surface area (TPSA) is 50.4 Å². The Balaban J connectivity index is 2.07. The van der Waals surface area contributed by atoms with Gasteiger partial charge in [-0.2, -0.15) is 0 Å². The summed E-state index contributed by atoms with van der Waals surface area (Å²) in [5.41, 5.74) is 1.43. The van der Waals surface area contributed by atoms with Crippen LogP contribution in [0.1, 0.15) is 39.2 Å². The molecule has 116 valence electrons. The maximum absolute atomic E-state index is 11.8. The van der Waals surface area contributed by atoms with Crippen LogP contribution in [0.25, 0.3) is 0 Å². The Hall–Kier alpha value is -1.26. The van der Waals surface area contributed by atoms with E-state index in [1.165, 1.54) is 12.8 Å². The number of benzene rings is 1. The van der Waals surface area contributed by atoms with Gasteiger partial charge in [0.2, 0.25) is 0 Å². The molecule has 1 amide bonds. The lowest BCUT2D eigenvalue weighted by atomic mass is 10.0. The highest BCUT2D eigenvalue weighted by Crippen LogP contribution is 2.39. The zero-order valence-corrected chi connectivity index (χ0v) is 13.8. The van der Waals surface area contributed by atoms with E-state index in [9.17, 15) is 4.79 Å². The van der Waals surface area contributed by atoms with Crippen molar-refractivity contribution >= 4 is 23.4 Å². The summed E-state index contributed by atoms with van der Waals surface area (Å²) in [5.74, 6) is 0. The molecule has 0 radical (unpaired) electrons. The number of likely N-dealkylation sites (N-methyl/N-ethyl adjacent to an activating group) is 1. The summed E-state index contributed by atoms with van der Waals surface area (Å²) in [4.78, 5) is 11.8. The third-order valence-corrected chi connectivity index (χ3v) is 3.92. The molecule has 1 aliphatic rings. The summed E-state index contributed by atoms with van der Waals surface area (Å²) in [6, 6.07) is 5.74. The van der Waals surface area contributed by atoms with Crippen LogP contribution in [0, 0.1) is 0 Å². The first-order valence-electron chi connectivity index (χ1n) is 7.20. The Morgan fingerprint density at radius 3 is 2.57 bits per heavy atom. The lowest BCUT2D eigenvalue weighted by Gasteiger charge is -2.20. The van der Waals surface area contributed by atoms with Crippen LogP contribution in [0.2, 0.25) is 5.02 Å². The van der Waals surface area contributed by atoms with Gasteiger partial charge in [0.25, 0.3) is 0 Å². The summed E-state index contributed by atoms with van der Waals surface area (Å²) in [5, 5.41) is 6.59. The van der Waals surface area contributed by atoms with Crippen molar-refractivity contribution in [2.75, 3.05) is 12.4 Å². The van der Waals surface area contributed by atoms with Gasteiger partial charge in [-0.25, -0.2) is 4.79 Å². The summed E-state index contributed by atoms with van der Waals surface area (Å²) >= 11 is 6.15. The molecule has 4 nitrogen and oxygen atoms in total. The van der Waals surface area contributed by atoms with Crippen LogP contribution in [0.4, 0.5) is 10.5 Å². The Morgan fingerprint density at radius 1 is 1.38 bits per heavy atom. The number of nitrogens with one attached hydrogen (secondary N) is 2. The fourth-order valence-electron chi connectivity index (χ4n) is 2.25. The van der Waals surface area contributed by atoms with E-state index in [1.54, 1.807) is 0 Å². The van der Waals surface area contributed by atoms with E-state index in [1.807, 2.05) is 46.0 Å². The van der Waals surface area contributed by atoms with E-state index in [0.29, 0.717) is 10.7 Å². The molecule has 0 aliphatic heterocycles. The molecule has 21 heavy (non-hydrogen) atoms. The average Bonchev–Trinajstić information content (AvgIpc) is 3.11. The van der Waals surface area contributed by atoms with Gasteiger partial charge in [0.05, 0.1) is 10.7 Å². The molecule has 2 rings (SSSR count). The monoisotopic (exact) mass is 310 g/mol. The first kappa shape index (κ1) is 16.1. The molecule has 1 aliphatic carbocycles. The molecule has 0 heterocycles. The standard InChI is InChI=1S/C16H23ClN2O2/c1-15(2,3)21-14(20)19-13-9-11(5-6-12(13)17)10-16(18-4)7-8-16/h5-6,9,18H,7-8,10H2,1-4H3,(H,19,20). The summed E-state index contributed by atoms with van der Waals surface area (Å²) in [7, 11) is 1.99. The second-order valence-corrected chi connectivity index (χ2v) is 7.06. The fourth-order valence-corrected chi connectivity index (χ4v) is 2.41. The van der Waals surface area contributed by atoms with Gasteiger partial charge in [0.1, 0.15) is 5.60 Å². The van der Waals surface area contributed by atoms with Gasteiger partial charge in [-0.1, -0.05) is 17.7 Å². The highest BCUT2D eigenvalue weighted by atomic mass is 35.5. The van der Waals surface area contributed by atoms with Crippen LogP contribution in [-0.4, -0.2) is 24.3 Å². The summed E-state index contributed by atoms with van der Waals surface area (Å²) in [6.07, 6.45) is 2.81. The molecule has 0 spiro atoms. The normalized spacial score (nSPS) is 16.4. The van der Waals surface area contributed by atoms with Gasteiger partial charge in [0.15, 0.2) is 0 Å². The second kappa shape index (κ2) is 5.85. The van der Waals surface area contributed by atoms with E-state index in [2.05, 4.69) is 10.6 Å². The van der Waals surface area contributed by atoms with Gasteiger partial charge in [-0.15, -0.1) is 0 Å². The van der Waals surface area contributed by atoms with Crippen molar-refractivity contribution < 1.29 is 9.53 Å². The molecule has 0 bridgehead atoms. The maximum Gasteiger partial charge on any atom is 0.412 e. The predicted octanol–water partition coefficient (Wildman–Crippen LogP) is 3.98. The zero-order valence-electron chi connectivity index (χ0n) is 13.0. The third kappa shape index (κ3) is 4.61. The largest absolute Gasteiger partial charge is 0.444 e. The first-order valence-corrected chi connectivity index (χ1v) is 7.58. The van der Waals surface area contributed by atoms with Crippen molar-refractivity contribution in [3.05, 3.63) is 28.8 Å². The zero-order chi connectivity index (χ0) is 15.7. The third-order valence-electron chi connectivity index (χ3n) is 3.59. The van der Waals surface area contributed by atoms with E-state index in [4.69, 9.17) is 16.3 Å². The van der Waals surface area contributed by atoms with Crippen LogP contribution in [-0.2, 0) is 11.2 Å². The number of carbonyl (C=O) groups excluding carboxylic acids is 1. The van der Waals surface area contributed by atoms with Gasteiger partial charge >= 0.3 is 6.09 Å². The van der Waals surface area contributed by atoms with Crippen LogP contribution in [0.15, 0.2) is 18.2 Å². The molecule has 1 aromatic rings. The van der Waals surface area contributed by atoms with E-state index >= 15 is 0 Å². The molecule has 2 N–H and O–H groups in total. The van der Waals surface area contributed by atoms with Gasteiger partial charge in [0, 0.05) is 5.54 Å². The molecule has 0 saturated heterocycles. The van der Waals surface area contributed by atoms with Crippen LogP contribution >= 0.6 is 11.6 Å². The molecule has 0 unspecified atom stereocenters. The Labute approximate surface area is 131 Å². The number of rotatable bonds is 4. The molecule has 0 atom stereocenters. The Morgan fingerprint density at radius 2 is 2.05 bits per heavy atom. The fraction of sp³-hybridized carbons (Fsp3) is 0.562. The highest BCUT2D eigenvalue weighted by molar-refractivity contribution is 6.33. The molecular formula is C16H23ClN2O2. The lowest BCUT2D eigenvalue weighted by Crippen LogP contribution is -2.29. The van der Waals surface area contributed by atoms with E-state index < -0.39 is 11.7 Å². The number of hydrogen-bond donors (Lipinski definition) is 2.